The van der Waals surface area contributed by atoms with Crippen LogP contribution in [-0.4, -0.2) is 50.2 Å². The highest BCUT2D eigenvalue weighted by atomic mass is 16.5. The average Bonchev–Trinajstić information content (AvgIpc) is 2.27. The lowest BCUT2D eigenvalue weighted by Crippen LogP contribution is -2.35. The smallest absolute Gasteiger partial charge is 0.307 e. The molecule has 0 aromatic heterocycles. The summed E-state index contributed by atoms with van der Waals surface area (Å²) in [4.78, 5) is 13.3. The highest BCUT2D eigenvalue weighted by molar-refractivity contribution is 5.69. The van der Waals surface area contributed by atoms with Crippen molar-refractivity contribution in [2.24, 2.45) is 0 Å². The molecular weight excluding hydrogens is 204 g/mol. The maximum Gasteiger partial charge on any atom is 0.307 e. The van der Waals surface area contributed by atoms with Gasteiger partial charge in [-0.2, -0.15) is 0 Å². The van der Waals surface area contributed by atoms with E-state index in [2.05, 4.69) is 31.1 Å². The third-order valence-electron chi connectivity index (χ3n) is 2.80. The minimum Gasteiger partial charge on any atom is -0.466 e. The molecule has 0 heterocycles. The second kappa shape index (κ2) is 9.60. The van der Waals surface area contributed by atoms with Gasteiger partial charge in [-0.1, -0.05) is 6.92 Å². The van der Waals surface area contributed by atoms with E-state index in [0.29, 0.717) is 25.6 Å². The molecule has 0 saturated carbocycles. The van der Waals surface area contributed by atoms with Gasteiger partial charge in [-0.15, -0.1) is 0 Å². The summed E-state index contributed by atoms with van der Waals surface area (Å²) in [5.74, 6) is -0.120. The Kier molecular flexibility index (Phi) is 9.24. The lowest BCUT2D eigenvalue weighted by atomic mass is 10.2. The first-order chi connectivity index (χ1) is 7.61. The molecule has 1 unspecified atom stereocenters. The van der Waals surface area contributed by atoms with Crippen LogP contribution in [0.15, 0.2) is 0 Å². The zero-order chi connectivity index (χ0) is 12.4. The Morgan fingerprint density at radius 1 is 1.38 bits per heavy atom. The van der Waals surface area contributed by atoms with Crippen LogP contribution in [-0.2, 0) is 9.53 Å². The third kappa shape index (κ3) is 7.65. The highest BCUT2D eigenvalue weighted by Crippen LogP contribution is 1.98. The molecule has 0 bridgehead atoms. The van der Waals surface area contributed by atoms with Crippen LogP contribution in [0.25, 0.3) is 0 Å². The number of ether oxygens (including phenoxy) is 1. The van der Waals surface area contributed by atoms with Crippen molar-refractivity contribution in [3.8, 4) is 0 Å². The fraction of sp³-hybridized carbons (Fsp3) is 0.917. The van der Waals surface area contributed by atoms with Gasteiger partial charge in [0.25, 0.3) is 0 Å². The first kappa shape index (κ1) is 15.4. The van der Waals surface area contributed by atoms with Crippen LogP contribution in [0.4, 0.5) is 0 Å². The minimum absolute atomic E-state index is 0.120. The molecule has 0 radical (unpaired) electrons. The average molecular weight is 230 g/mol. The molecule has 96 valence electrons. The number of hydrogen-bond donors (Lipinski definition) is 1. The Morgan fingerprint density at radius 3 is 2.62 bits per heavy atom. The fourth-order valence-electron chi connectivity index (χ4n) is 1.34. The monoisotopic (exact) mass is 230 g/mol. The molecule has 0 aliphatic heterocycles. The Labute approximate surface area is 99.3 Å². The topological polar surface area (TPSA) is 41.6 Å². The molecule has 0 saturated heterocycles. The van der Waals surface area contributed by atoms with Crippen LogP contribution in [0.3, 0.4) is 0 Å². The highest BCUT2D eigenvalue weighted by Gasteiger charge is 2.05. The van der Waals surface area contributed by atoms with E-state index in [1.165, 1.54) is 6.42 Å². The predicted molar refractivity (Wildman–Crippen MR) is 66.5 cm³/mol. The molecule has 0 aliphatic carbocycles. The molecule has 1 N–H and O–H groups in total. The van der Waals surface area contributed by atoms with Crippen molar-refractivity contribution in [2.45, 2.75) is 39.7 Å². The number of rotatable bonds is 9. The maximum atomic E-state index is 11.0. The Bertz CT molecular complexity index is 186. The Morgan fingerprint density at radius 2 is 2.06 bits per heavy atom. The van der Waals surface area contributed by atoms with Gasteiger partial charge >= 0.3 is 5.97 Å². The minimum atomic E-state index is -0.120. The lowest BCUT2D eigenvalue weighted by molar-refractivity contribution is -0.142. The number of likely N-dealkylation sites (N-methyl/N-ethyl adjacent to an activating group) is 1. The SMILES string of the molecule is CCOC(=O)CCNCCN(C)C(C)CC. The molecule has 0 aromatic carbocycles. The van der Waals surface area contributed by atoms with Crippen molar-refractivity contribution >= 4 is 5.97 Å². The van der Waals surface area contributed by atoms with Gasteiger partial charge < -0.3 is 15.0 Å². The van der Waals surface area contributed by atoms with Gasteiger partial charge in [0.15, 0.2) is 0 Å². The second-order valence-electron chi connectivity index (χ2n) is 4.04. The number of carbonyl (C=O) groups is 1. The number of nitrogens with one attached hydrogen (secondary N) is 1. The van der Waals surface area contributed by atoms with E-state index < -0.39 is 0 Å². The summed E-state index contributed by atoms with van der Waals surface area (Å²) < 4.78 is 4.84. The van der Waals surface area contributed by atoms with Crippen molar-refractivity contribution in [3.63, 3.8) is 0 Å². The first-order valence-electron chi connectivity index (χ1n) is 6.18. The molecule has 0 amide bonds. The largest absolute Gasteiger partial charge is 0.466 e. The van der Waals surface area contributed by atoms with Gasteiger partial charge in [-0.05, 0) is 27.3 Å². The number of nitrogens with zero attached hydrogens (tertiary/aromatic N) is 1. The van der Waals surface area contributed by atoms with Crippen LogP contribution < -0.4 is 5.32 Å². The van der Waals surface area contributed by atoms with E-state index in [4.69, 9.17) is 4.74 Å². The van der Waals surface area contributed by atoms with Crippen molar-refractivity contribution in [1.29, 1.82) is 0 Å². The van der Waals surface area contributed by atoms with Crippen molar-refractivity contribution < 1.29 is 9.53 Å². The predicted octanol–water partition coefficient (Wildman–Crippen LogP) is 1.26. The third-order valence-corrected chi connectivity index (χ3v) is 2.80. The van der Waals surface area contributed by atoms with Gasteiger partial charge in [0.2, 0.25) is 0 Å². The van der Waals surface area contributed by atoms with E-state index in [-0.39, 0.29) is 5.97 Å². The molecule has 0 fully saturated rings. The molecule has 0 aromatic rings. The summed E-state index contributed by atoms with van der Waals surface area (Å²) in [5.41, 5.74) is 0. The van der Waals surface area contributed by atoms with Gasteiger partial charge in [0, 0.05) is 25.7 Å². The zero-order valence-electron chi connectivity index (χ0n) is 11.1. The Hall–Kier alpha value is -0.610. The normalized spacial score (nSPS) is 12.8. The van der Waals surface area contributed by atoms with Crippen LogP contribution in [0.2, 0.25) is 0 Å². The summed E-state index contributed by atoms with van der Waals surface area (Å²) in [7, 11) is 2.13. The van der Waals surface area contributed by atoms with Crippen molar-refractivity contribution in [1.82, 2.24) is 10.2 Å². The molecule has 0 rings (SSSR count). The zero-order valence-corrected chi connectivity index (χ0v) is 11.1. The van der Waals surface area contributed by atoms with Crippen LogP contribution in [0, 0.1) is 0 Å². The van der Waals surface area contributed by atoms with Crippen LogP contribution in [0.1, 0.15) is 33.6 Å². The van der Waals surface area contributed by atoms with Gasteiger partial charge in [0.1, 0.15) is 0 Å². The Balaban J connectivity index is 3.36. The molecule has 1 atom stereocenters. The molecular formula is C12H26N2O2. The standard InChI is InChI=1S/C12H26N2O2/c1-5-11(3)14(4)10-9-13-8-7-12(15)16-6-2/h11,13H,5-10H2,1-4H3. The molecule has 0 aliphatic rings. The molecule has 4 nitrogen and oxygen atoms in total. The number of esters is 1. The first-order valence-corrected chi connectivity index (χ1v) is 6.18. The lowest BCUT2D eigenvalue weighted by Gasteiger charge is -2.23. The number of hydrogen-bond acceptors (Lipinski definition) is 4. The van der Waals surface area contributed by atoms with Crippen LogP contribution in [0.5, 0.6) is 0 Å². The van der Waals surface area contributed by atoms with Crippen molar-refractivity contribution in [2.75, 3.05) is 33.3 Å². The van der Waals surface area contributed by atoms with E-state index in [0.717, 1.165) is 13.1 Å². The number of carbonyl (C=O) groups excluding carboxylic acids is 1. The van der Waals surface area contributed by atoms with Gasteiger partial charge in [-0.3, -0.25) is 4.79 Å². The second-order valence-corrected chi connectivity index (χ2v) is 4.04. The molecule has 4 heteroatoms. The van der Waals surface area contributed by atoms with Gasteiger partial charge in [0.05, 0.1) is 13.0 Å². The van der Waals surface area contributed by atoms with E-state index in [1.807, 2.05) is 6.92 Å². The summed E-state index contributed by atoms with van der Waals surface area (Å²) in [6, 6.07) is 0.617. The maximum absolute atomic E-state index is 11.0. The fourth-order valence-corrected chi connectivity index (χ4v) is 1.34. The quantitative estimate of drug-likeness (QED) is 0.478. The van der Waals surface area contributed by atoms with Gasteiger partial charge in [-0.25, -0.2) is 0 Å². The molecule has 0 spiro atoms. The van der Waals surface area contributed by atoms with E-state index >= 15 is 0 Å². The summed E-state index contributed by atoms with van der Waals surface area (Å²) in [5, 5.41) is 3.24. The van der Waals surface area contributed by atoms with E-state index in [1.54, 1.807) is 0 Å². The summed E-state index contributed by atoms with van der Waals surface area (Å²) in [6.45, 7) is 9.33. The van der Waals surface area contributed by atoms with Crippen LogP contribution >= 0.6 is 0 Å². The molecule has 16 heavy (non-hydrogen) atoms. The van der Waals surface area contributed by atoms with Crippen molar-refractivity contribution in [3.05, 3.63) is 0 Å². The van der Waals surface area contributed by atoms with E-state index in [9.17, 15) is 4.79 Å². The summed E-state index contributed by atoms with van der Waals surface area (Å²) in [6.07, 6.45) is 1.63. The summed E-state index contributed by atoms with van der Waals surface area (Å²) >= 11 is 0.